The maximum absolute atomic E-state index is 10.5. The highest BCUT2D eigenvalue weighted by Crippen LogP contribution is 2.33. The molecule has 5 heteroatoms. The van der Waals surface area contributed by atoms with Crippen molar-refractivity contribution in [2.75, 3.05) is 13.7 Å². The molecule has 3 N–H and O–H groups in total. The van der Waals surface area contributed by atoms with E-state index in [9.17, 15) is 5.11 Å². The van der Waals surface area contributed by atoms with Crippen LogP contribution < -0.4 is 10.5 Å². The van der Waals surface area contributed by atoms with Crippen molar-refractivity contribution in [2.45, 2.75) is 39.8 Å². The Hall–Kier alpha value is -1.07. The van der Waals surface area contributed by atoms with Crippen molar-refractivity contribution in [1.29, 1.82) is 0 Å². The third-order valence-electron chi connectivity index (χ3n) is 3.31. The van der Waals surface area contributed by atoms with E-state index in [1.807, 2.05) is 4.68 Å². The van der Waals surface area contributed by atoms with Crippen molar-refractivity contribution in [3.63, 3.8) is 0 Å². The first-order chi connectivity index (χ1) is 8.56. The molecule has 0 aromatic carbocycles. The molecule has 1 heterocycles. The van der Waals surface area contributed by atoms with Crippen molar-refractivity contribution < 1.29 is 9.84 Å². The van der Waals surface area contributed by atoms with E-state index in [-0.39, 0.29) is 5.92 Å². The van der Waals surface area contributed by atoms with Gasteiger partial charge >= 0.3 is 0 Å². The Morgan fingerprint density at radius 1 is 1.50 bits per heavy atom. The van der Waals surface area contributed by atoms with Crippen LogP contribution in [-0.4, -0.2) is 28.5 Å². The van der Waals surface area contributed by atoms with Gasteiger partial charge in [0, 0.05) is 12.5 Å². The van der Waals surface area contributed by atoms with Crippen LogP contribution in [0.3, 0.4) is 0 Å². The van der Waals surface area contributed by atoms with Crippen LogP contribution in [0, 0.1) is 11.8 Å². The van der Waals surface area contributed by atoms with Gasteiger partial charge in [-0.05, 0) is 18.9 Å². The number of aliphatic hydroxyl groups is 1. The zero-order valence-corrected chi connectivity index (χ0v) is 11.8. The lowest BCUT2D eigenvalue weighted by molar-refractivity contribution is 0.0752. The van der Waals surface area contributed by atoms with Crippen molar-refractivity contribution >= 4 is 0 Å². The van der Waals surface area contributed by atoms with E-state index in [1.165, 1.54) is 0 Å². The van der Waals surface area contributed by atoms with Gasteiger partial charge < -0.3 is 15.6 Å². The van der Waals surface area contributed by atoms with Crippen molar-refractivity contribution in [1.82, 2.24) is 9.78 Å². The summed E-state index contributed by atoms with van der Waals surface area (Å²) < 4.78 is 7.10. The normalized spacial score (nSPS) is 14.8. The average Bonchev–Trinajstić information content (AvgIpc) is 2.72. The monoisotopic (exact) mass is 255 g/mol. The largest absolute Gasteiger partial charge is 0.493 e. The minimum absolute atomic E-state index is 0.00575. The van der Waals surface area contributed by atoms with E-state index in [4.69, 9.17) is 10.5 Å². The van der Waals surface area contributed by atoms with Crippen molar-refractivity contribution in [3.05, 3.63) is 11.9 Å². The van der Waals surface area contributed by atoms with E-state index in [0.717, 1.165) is 18.7 Å². The van der Waals surface area contributed by atoms with Gasteiger partial charge in [0.15, 0.2) is 5.75 Å². The summed E-state index contributed by atoms with van der Waals surface area (Å²) in [5.74, 6) is 0.945. The van der Waals surface area contributed by atoms with E-state index in [2.05, 4.69) is 25.9 Å². The molecule has 0 radical (unpaired) electrons. The molecule has 5 nitrogen and oxygen atoms in total. The van der Waals surface area contributed by atoms with Crippen LogP contribution in [-0.2, 0) is 6.54 Å². The number of nitrogens with two attached hydrogens (primary N) is 1. The lowest BCUT2D eigenvalue weighted by Crippen LogP contribution is -2.28. The highest BCUT2D eigenvalue weighted by atomic mass is 16.5. The molecule has 0 saturated heterocycles. The second kappa shape index (κ2) is 6.75. The molecule has 18 heavy (non-hydrogen) atoms. The number of ether oxygens (including phenoxy) is 1. The second-order valence-electron chi connectivity index (χ2n) is 4.91. The molecular weight excluding hydrogens is 230 g/mol. The van der Waals surface area contributed by atoms with Crippen LogP contribution in [0.15, 0.2) is 6.20 Å². The first-order valence-electron chi connectivity index (χ1n) is 6.54. The third kappa shape index (κ3) is 3.03. The van der Waals surface area contributed by atoms with Gasteiger partial charge in [-0.3, -0.25) is 4.68 Å². The molecular formula is C13H25N3O2. The highest BCUT2D eigenvalue weighted by molar-refractivity contribution is 5.28. The molecule has 104 valence electrons. The number of aliphatic hydroxyl groups excluding tert-OH is 1. The topological polar surface area (TPSA) is 73.3 Å². The Morgan fingerprint density at radius 2 is 2.17 bits per heavy atom. The Labute approximate surface area is 109 Å². The van der Waals surface area contributed by atoms with Gasteiger partial charge in [-0.1, -0.05) is 20.8 Å². The number of hydrogen-bond acceptors (Lipinski definition) is 4. The first kappa shape index (κ1) is 15.0. The van der Waals surface area contributed by atoms with Crippen LogP contribution in [0.25, 0.3) is 0 Å². The molecule has 0 aliphatic heterocycles. The predicted molar refractivity (Wildman–Crippen MR) is 71.4 cm³/mol. The molecule has 1 aromatic rings. The Balaban J connectivity index is 3.08. The standard InChI is InChI=1S/C13H25N3O2/c1-5-6-16-12(11(18-4)8-15-16)13(17)10(7-14)9(2)3/h8-10,13,17H,5-7,14H2,1-4H3. The van der Waals surface area contributed by atoms with Gasteiger partial charge in [0.2, 0.25) is 0 Å². The highest BCUT2D eigenvalue weighted by Gasteiger charge is 2.28. The van der Waals surface area contributed by atoms with Crippen LogP contribution in [0.4, 0.5) is 0 Å². The Kier molecular flexibility index (Phi) is 5.62. The van der Waals surface area contributed by atoms with Gasteiger partial charge in [-0.15, -0.1) is 0 Å². The number of hydrogen-bond donors (Lipinski definition) is 2. The molecule has 0 amide bonds. The number of rotatable bonds is 7. The second-order valence-corrected chi connectivity index (χ2v) is 4.91. The molecule has 2 unspecified atom stereocenters. The van der Waals surface area contributed by atoms with Crippen molar-refractivity contribution in [3.8, 4) is 5.75 Å². The number of nitrogens with zero attached hydrogens (tertiary/aromatic N) is 2. The summed E-state index contributed by atoms with van der Waals surface area (Å²) in [5, 5.41) is 14.8. The molecule has 0 aliphatic carbocycles. The Bertz CT molecular complexity index is 363. The fraction of sp³-hybridized carbons (Fsp3) is 0.769. The third-order valence-corrected chi connectivity index (χ3v) is 3.31. The number of aromatic nitrogens is 2. The lowest BCUT2D eigenvalue weighted by Gasteiger charge is -2.26. The van der Waals surface area contributed by atoms with Crippen molar-refractivity contribution in [2.24, 2.45) is 17.6 Å². The zero-order chi connectivity index (χ0) is 13.7. The summed E-state index contributed by atoms with van der Waals surface area (Å²) in [6, 6.07) is 0. The lowest BCUT2D eigenvalue weighted by atomic mass is 9.88. The predicted octanol–water partition coefficient (Wildman–Crippen LogP) is 1.57. The van der Waals surface area contributed by atoms with Gasteiger partial charge in [0.1, 0.15) is 11.8 Å². The molecule has 0 fully saturated rings. The molecule has 1 aromatic heterocycles. The van der Waals surface area contributed by atoms with Crippen LogP contribution in [0.1, 0.15) is 39.0 Å². The zero-order valence-electron chi connectivity index (χ0n) is 11.8. The summed E-state index contributed by atoms with van der Waals surface area (Å²) >= 11 is 0. The molecule has 0 aliphatic rings. The van der Waals surface area contributed by atoms with Crippen LogP contribution >= 0.6 is 0 Å². The fourth-order valence-corrected chi connectivity index (χ4v) is 2.19. The number of methoxy groups -OCH3 is 1. The van der Waals surface area contributed by atoms with Gasteiger partial charge in [-0.25, -0.2) is 0 Å². The van der Waals surface area contributed by atoms with E-state index in [1.54, 1.807) is 13.3 Å². The summed E-state index contributed by atoms with van der Waals surface area (Å²) in [4.78, 5) is 0. The van der Waals surface area contributed by atoms with E-state index >= 15 is 0 Å². The average molecular weight is 255 g/mol. The van der Waals surface area contributed by atoms with Crippen LogP contribution in [0.2, 0.25) is 0 Å². The summed E-state index contributed by atoms with van der Waals surface area (Å²) in [6.45, 7) is 7.42. The van der Waals surface area contributed by atoms with Gasteiger partial charge in [-0.2, -0.15) is 5.10 Å². The van der Waals surface area contributed by atoms with Gasteiger partial charge in [0.05, 0.1) is 13.3 Å². The summed E-state index contributed by atoms with van der Waals surface area (Å²) in [5.41, 5.74) is 6.51. The minimum atomic E-state index is -0.640. The maximum atomic E-state index is 10.5. The molecule has 0 spiro atoms. The SMILES string of the molecule is CCCn1ncc(OC)c1C(O)C(CN)C(C)C. The van der Waals surface area contributed by atoms with Crippen LogP contribution in [0.5, 0.6) is 5.75 Å². The Morgan fingerprint density at radius 3 is 2.61 bits per heavy atom. The number of aryl methyl sites for hydroxylation is 1. The summed E-state index contributed by atoms with van der Waals surface area (Å²) in [6.07, 6.45) is 1.97. The molecule has 0 saturated carbocycles. The summed E-state index contributed by atoms with van der Waals surface area (Å²) in [7, 11) is 1.59. The first-order valence-corrected chi connectivity index (χ1v) is 6.54. The quantitative estimate of drug-likeness (QED) is 0.775. The molecule has 1 rings (SSSR count). The molecule has 2 atom stereocenters. The maximum Gasteiger partial charge on any atom is 0.162 e. The fourth-order valence-electron chi connectivity index (χ4n) is 2.19. The molecule has 0 bridgehead atoms. The smallest absolute Gasteiger partial charge is 0.162 e. The van der Waals surface area contributed by atoms with Gasteiger partial charge in [0.25, 0.3) is 0 Å². The van der Waals surface area contributed by atoms with E-state index < -0.39 is 6.10 Å². The van der Waals surface area contributed by atoms with E-state index in [0.29, 0.717) is 18.2 Å². The minimum Gasteiger partial charge on any atom is -0.493 e.